The summed E-state index contributed by atoms with van der Waals surface area (Å²) in [5.41, 5.74) is 4.10. The summed E-state index contributed by atoms with van der Waals surface area (Å²) in [6.45, 7) is 8.37. The van der Waals surface area contributed by atoms with Gasteiger partial charge >= 0.3 is 0 Å². The van der Waals surface area contributed by atoms with E-state index >= 15 is 0 Å². The minimum atomic E-state index is 0.108. The number of fused-ring (bicyclic) bond motifs is 1. The van der Waals surface area contributed by atoms with Gasteiger partial charge in [0, 0.05) is 11.0 Å². The predicted molar refractivity (Wildman–Crippen MR) is 84.8 cm³/mol. The highest BCUT2D eigenvalue weighted by molar-refractivity contribution is 7.08. The smallest absolute Gasteiger partial charge is 0.123 e. The van der Waals surface area contributed by atoms with Crippen LogP contribution >= 0.6 is 11.3 Å². The number of thiophene rings is 1. The van der Waals surface area contributed by atoms with E-state index in [1.807, 2.05) is 0 Å². The molecule has 0 spiro atoms. The summed E-state index contributed by atoms with van der Waals surface area (Å²) in [4.78, 5) is 0. The van der Waals surface area contributed by atoms with Crippen LogP contribution in [0.5, 0.6) is 5.75 Å². The lowest BCUT2D eigenvalue weighted by atomic mass is 9.85. The van der Waals surface area contributed by atoms with Crippen molar-refractivity contribution in [1.82, 2.24) is 5.32 Å². The second-order valence-electron chi connectivity index (χ2n) is 5.98. The van der Waals surface area contributed by atoms with Crippen molar-refractivity contribution in [2.24, 2.45) is 0 Å². The maximum Gasteiger partial charge on any atom is 0.123 e. The van der Waals surface area contributed by atoms with Crippen LogP contribution in [-0.2, 0) is 5.41 Å². The fourth-order valence-electron chi connectivity index (χ4n) is 2.79. The van der Waals surface area contributed by atoms with Gasteiger partial charge < -0.3 is 10.1 Å². The number of benzene rings is 1. The molecule has 2 nitrogen and oxygen atoms in total. The molecule has 1 aromatic carbocycles. The maximum atomic E-state index is 5.78. The Bertz CT molecular complexity index is 589. The van der Waals surface area contributed by atoms with Crippen LogP contribution in [0.3, 0.4) is 0 Å². The summed E-state index contributed by atoms with van der Waals surface area (Å²) in [7, 11) is 0. The second-order valence-corrected chi connectivity index (χ2v) is 6.76. The molecular weight excluding hydrogens is 266 g/mol. The maximum absolute atomic E-state index is 5.78. The van der Waals surface area contributed by atoms with Gasteiger partial charge in [-0.3, -0.25) is 0 Å². The minimum absolute atomic E-state index is 0.108. The molecule has 1 unspecified atom stereocenters. The van der Waals surface area contributed by atoms with Crippen molar-refractivity contribution in [2.45, 2.75) is 32.2 Å². The molecule has 1 aliphatic rings. The van der Waals surface area contributed by atoms with Crippen molar-refractivity contribution in [3.63, 3.8) is 0 Å². The summed E-state index contributed by atoms with van der Waals surface area (Å²) in [6.07, 6.45) is 0. The van der Waals surface area contributed by atoms with Gasteiger partial charge in [-0.2, -0.15) is 11.3 Å². The molecular formula is C17H21NOS. The molecule has 2 heterocycles. The van der Waals surface area contributed by atoms with Crippen LogP contribution in [0.15, 0.2) is 35.0 Å². The van der Waals surface area contributed by atoms with E-state index in [-0.39, 0.29) is 11.5 Å². The Morgan fingerprint density at radius 1 is 1.30 bits per heavy atom. The summed E-state index contributed by atoms with van der Waals surface area (Å²) in [6, 6.07) is 9.09. The van der Waals surface area contributed by atoms with Crippen molar-refractivity contribution in [1.29, 1.82) is 0 Å². The summed E-state index contributed by atoms with van der Waals surface area (Å²) < 4.78 is 5.78. The topological polar surface area (TPSA) is 21.3 Å². The van der Waals surface area contributed by atoms with Gasteiger partial charge in [0.1, 0.15) is 5.75 Å². The van der Waals surface area contributed by atoms with E-state index in [2.05, 4.69) is 61.1 Å². The van der Waals surface area contributed by atoms with E-state index in [1.165, 1.54) is 16.7 Å². The molecule has 0 radical (unpaired) electrons. The van der Waals surface area contributed by atoms with Crippen LogP contribution in [0.2, 0.25) is 0 Å². The SMILES string of the molecule is CCNC(c1ccsc1)c1ccc2c(c1)C(C)(C)CO2. The molecule has 0 fully saturated rings. The Hall–Kier alpha value is -1.32. The zero-order valence-corrected chi connectivity index (χ0v) is 13.1. The van der Waals surface area contributed by atoms with Crippen LogP contribution in [0.25, 0.3) is 0 Å². The first-order chi connectivity index (χ1) is 9.62. The predicted octanol–water partition coefficient (Wildman–Crippen LogP) is 4.12. The molecule has 0 saturated carbocycles. The highest BCUT2D eigenvalue weighted by atomic mass is 32.1. The Labute approximate surface area is 124 Å². The number of rotatable bonds is 4. The first-order valence-electron chi connectivity index (χ1n) is 7.14. The average Bonchev–Trinajstić information content (AvgIpc) is 3.05. The highest BCUT2D eigenvalue weighted by Crippen LogP contribution is 2.40. The Morgan fingerprint density at radius 2 is 2.15 bits per heavy atom. The largest absolute Gasteiger partial charge is 0.492 e. The Morgan fingerprint density at radius 3 is 2.85 bits per heavy atom. The van der Waals surface area contributed by atoms with Gasteiger partial charge in [-0.15, -0.1) is 0 Å². The number of ether oxygens (including phenoxy) is 1. The number of nitrogens with one attached hydrogen (secondary N) is 1. The van der Waals surface area contributed by atoms with Crippen LogP contribution in [-0.4, -0.2) is 13.2 Å². The molecule has 0 aliphatic carbocycles. The summed E-state index contributed by atoms with van der Waals surface area (Å²) >= 11 is 1.75. The zero-order valence-electron chi connectivity index (χ0n) is 12.3. The van der Waals surface area contributed by atoms with Gasteiger partial charge in [0.25, 0.3) is 0 Å². The van der Waals surface area contributed by atoms with Gasteiger partial charge in [-0.1, -0.05) is 26.8 Å². The Balaban J connectivity index is 2.01. The van der Waals surface area contributed by atoms with Crippen molar-refractivity contribution >= 4 is 11.3 Å². The highest BCUT2D eigenvalue weighted by Gasteiger charge is 2.32. The van der Waals surface area contributed by atoms with E-state index in [4.69, 9.17) is 4.74 Å². The number of hydrogen-bond acceptors (Lipinski definition) is 3. The van der Waals surface area contributed by atoms with Crippen LogP contribution < -0.4 is 10.1 Å². The van der Waals surface area contributed by atoms with E-state index in [0.717, 1.165) is 18.9 Å². The van der Waals surface area contributed by atoms with Crippen LogP contribution in [0, 0.1) is 0 Å². The van der Waals surface area contributed by atoms with E-state index in [0.29, 0.717) is 0 Å². The monoisotopic (exact) mass is 287 g/mol. The average molecular weight is 287 g/mol. The van der Waals surface area contributed by atoms with Gasteiger partial charge in [-0.05, 0) is 46.6 Å². The second kappa shape index (κ2) is 5.23. The molecule has 20 heavy (non-hydrogen) atoms. The molecule has 106 valence electrons. The molecule has 1 atom stereocenters. The van der Waals surface area contributed by atoms with Gasteiger partial charge in [0.05, 0.1) is 12.6 Å². The Kier molecular flexibility index (Phi) is 3.57. The lowest BCUT2D eigenvalue weighted by Crippen LogP contribution is -2.22. The first-order valence-corrected chi connectivity index (χ1v) is 8.09. The summed E-state index contributed by atoms with van der Waals surface area (Å²) in [5.74, 6) is 1.04. The molecule has 1 aliphatic heterocycles. The zero-order chi connectivity index (χ0) is 14.2. The third kappa shape index (κ3) is 2.36. The molecule has 0 amide bonds. The molecule has 1 N–H and O–H groups in total. The molecule has 0 bridgehead atoms. The van der Waals surface area contributed by atoms with Crippen molar-refractivity contribution in [3.05, 3.63) is 51.7 Å². The lowest BCUT2D eigenvalue weighted by Gasteiger charge is -2.21. The fraction of sp³-hybridized carbons (Fsp3) is 0.412. The van der Waals surface area contributed by atoms with Gasteiger partial charge in [-0.25, -0.2) is 0 Å². The summed E-state index contributed by atoms with van der Waals surface area (Å²) in [5, 5.41) is 7.95. The standard InChI is InChI=1S/C17H21NOS/c1-4-18-16(13-7-8-20-10-13)12-5-6-15-14(9-12)17(2,3)11-19-15/h5-10,16,18H,4,11H2,1-3H3. The molecule has 1 aromatic heterocycles. The molecule has 3 heteroatoms. The molecule has 3 rings (SSSR count). The minimum Gasteiger partial charge on any atom is -0.492 e. The van der Waals surface area contributed by atoms with Crippen LogP contribution in [0.1, 0.15) is 43.5 Å². The first kappa shape index (κ1) is 13.7. The normalized spacial score (nSPS) is 17.6. The van der Waals surface area contributed by atoms with Crippen molar-refractivity contribution < 1.29 is 4.74 Å². The number of hydrogen-bond donors (Lipinski definition) is 1. The van der Waals surface area contributed by atoms with E-state index in [9.17, 15) is 0 Å². The van der Waals surface area contributed by atoms with E-state index in [1.54, 1.807) is 11.3 Å². The van der Waals surface area contributed by atoms with Gasteiger partial charge in [0.2, 0.25) is 0 Å². The van der Waals surface area contributed by atoms with Crippen molar-refractivity contribution in [3.8, 4) is 5.75 Å². The van der Waals surface area contributed by atoms with Gasteiger partial charge in [0.15, 0.2) is 0 Å². The third-order valence-electron chi connectivity index (χ3n) is 3.94. The molecule has 0 saturated heterocycles. The van der Waals surface area contributed by atoms with Crippen molar-refractivity contribution in [2.75, 3.05) is 13.2 Å². The fourth-order valence-corrected chi connectivity index (χ4v) is 3.48. The molecule has 2 aromatic rings. The lowest BCUT2D eigenvalue weighted by molar-refractivity contribution is 0.291. The van der Waals surface area contributed by atoms with E-state index < -0.39 is 0 Å². The third-order valence-corrected chi connectivity index (χ3v) is 4.64. The quantitative estimate of drug-likeness (QED) is 0.913. The van der Waals surface area contributed by atoms with Crippen LogP contribution in [0.4, 0.5) is 0 Å².